The molecule has 0 saturated carbocycles. The maximum absolute atomic E-state index is 11.3. The van der Waals surface area contributed by atoms with Gasteiger partial charge < -0.3 is 0 Å². The first kappa shape index (κ1) is 16.0. The second-order valence-corrected chi connectivity index (χ2v) is 2.79. The number of nitrogens with zero attached hydrogens (tertiary/aromatic N) is 3. The molecule has 80 valence electrons. The molecular weight excluding hydrogens is 278 g/mol. The minimum Gasteiger partial charge on any atom is -0.283 e. The Morgan fingerprint density at radius 3 is 2.25 bits per heavy atom. The van der Waals surface area contributed by atoms with E-state index in [1.54, 1.807) is 13.8 Å². The number of hydrogen-bond donors (Lipinski definition) is 1. The molecule has 2 rings (SSSR count). The molecule has 0 saturated heterocycles. The van der Waals surface area contributed by atoms with Gasteiger partial charge in [-0.05, 0) is 24.2 Å². The third-order valence-corrected chi connectivity index (χ3v) is 1.88. The molecule has 2 aromatic rings. The third kappa shape index (κ3) is 3.26. The third-order valence-electron chi connectivity index (χ3n) is 1.88. The van der Waals surface area contributed by atoms with E-state index in [0.717, 1.165) is 0 Å². The van der Waals surface area contributed by atoms with Crippen molar-refractivity contribution in [3.8, 4) is 0 Å². The van der Waals surface area contributed by atoms with Crippen molar-refractivity contribution in [1.29, 1.82) is 0 Å². The molecule has 0 aliphatic rings. The van der Waals surface area contributed by atoms with E-state index in [1.807, 2.05) is 13.8 Å². The van der Waals surface area contributed by atoms with Gasteiger partial charge in [-0.1, -0.05) is 20.8 Å². The van der Waals surface area contributed by atoms with Gasteiger partial charge in [0, 0.05) is 5.69 Å². The first-order chi connectivity index (χ1) is 7.20. The SMILES string of the molecule is CC.Cc1nnc(C)c2c(=O)[nH]n[c-]c12.[Rb+]. The van der Waals surface area contributed by atoms with Gasteiger partial charge in [0.25, 0.3) is 0 Å². The van der Waals surface area contributed by atoms with E-state index in [4.69, 9.17) is 0 Å². The monoisotopic (exact) mass is 290 g/mol. The van der Waals surface area contributed by atoms with Gasteiger partial charge in [-0.25, -0.2) is 5.10 Å². The van der Waals surface area contributed by atoms with Crippen LogP contribution in [0.5, 0.6) is 0 Å². The number of hydrogen-bond acceptors (Lipinski definition) is 4. The van der Waals surface area contributed by atoms with Gasteiger partial charge in [0.2, 0.25) is 5.56 Å². The van der Waals surface area contributed by atoms with Crippen molar-refractivity contribution in [3.05, 3.63) is 27.9 Å². The fourth-order valence-electron chi connectivity index (χ4n) is 1.22. The number of rotatable bonds is 0. The zero-order valence-electron chi connectivity index (χ0n) is 10.2. The van der Waals surface area contributed by atoms with Gasteiger partial charge in [0.15, 0.2) is 0 Å². The molecule has 2 heterocycles. The largest absolute Gasteiger partial charge is 1.00 e. The molecule has 16 heavy (non-hydrogen) atoms. The average Bonchev–Trinajstić information content (AvgIpc) is 2.26. The normalized spacial score (nSPS) is 9.00. The molecule has 0 spiro atoms. The predicted octanol–water partition coefficient (Wildman–Crippen LogP) is -1.84. The summed E-state index contributed by atoms with van der Waals surface area (Å²) in [6.45, 7) is 7.50. The van der Waals surface area contributed by atoms with Gasteiger partial charge in [-0.3, -0.25) is 15.0 Å². The fraction of sp³-hybridized carbons (Fsp3) is 0.400. The Hall–Kier alpha value is 0.0252. The smallest absolute Gasteiger partial charge is 0.283 e. The second-order valence-electron chi connectivity index (χ2n) is 2.79. The second kappa shape index (κ2) is 7.37. The molecule has 0 aromatic carbocycles. The van der Waals surface area contributed by atoms with Crippen LogP contribution in [0.3, 0.4) is 0 Å². The minimum atomic E-state index is -0.246. The summed E-state index contributed by atoms with van der Waals surface area (Å²) < 4.78 is 0. The van der Waals surface area contributed by atoms with Crippen molar-refractivity contribution in [2.45, 2.75) is 27.7 Å². The first-order valence-electron chi connectivity index (χ1n) is 4.80. The summed E-state index contributed by atoms with van der Waals surface area (Å²) in [5, 5.41) is 14.8. The number of aromatic amines is 1. The predicted molar refractivity (Wildman–Crippen MR) is 57.6 cm³/mol. The summed E-state index contributed by atoms with van der Waals surface area (Å²) in [6.07, 6.45) is 2.69. The van der Waals surface area contributed by atoms with E-state index in [0.29, 0.717) is 22.2 Å². The van der Waals surface area contributed by atoms with Gasteiger partial charge in [-0.15, -0.1) is 5.39 Å². The maximum atomic E-state index is 11.3. The van der Waals surface area contributed by atoms with Gasteiger partial charge >= 0.3 is 58.2 Å². The quantitative estimate of drug-likeness (QED) is 0.579. The Morgan fingerprint density at radius 2 is 1.69 bits per heavy atom. The molecule has 2 aromatic heterocycles. The molecule has 0 aliphatic carbocycles. The summed E-state index contributed by atoms with van der Waals surface area (Å²) in [4.78, 5) is 11.3. The van der Waals surface area contributed by atoms with Crippen molar-refractivity contribution in [2.24, 2.45) is 0 Å². The van der Waals surface area contributed by atoms with Crippen molar-refractivity contribution < 1.29 is 58.2 Å². The summed E-state index contributed by atoms with van der Waals surface area (Å²) >= 11 is 0. The number of H-pyrrole nitrogens is 1. The maximum Gasteiger partial charge on any atom is 1.00 e. The molecule has 0 unspecified atom stereocenters. The van der Waals surface area contributed by atoms with E-state index in [9.17, 15) is 4.79 Å². The van der Waals surface area contributed by atoms with E-state index in [2.05, 4.69) is 26.6 Å². The molecule has 0 bridgehead atoms. The summed E-state index contributed by atoms with van der Waals surface area (Å²) in [5.41, 5.74) is 1.02. The van der Waals surface area contributed by atoms with Crippen LogP contribution in [0, 0.1) is 20.0 Å². The summed E-state index contributed by atoms with van der Waals surface area (Å²) in [7, 11) is 0. The fourth-order valence-corrected chi connectivity index (χ4v) is 1.22. The van der Waals surface area contributed by atoms with Crippen LogP contribution in [0.4, 0.5) is 0 Å². The Morgan fingerprint density at radius 1 is 1.12 bits per heavy atom. The minimum absolute atomic E-state index is 0. The Labute approximate surface area is 143 Å². The molecule has 0 aliphatic heterocycles. The summed E-state index contributed by atoms with van der Waals surface area (Å²) in [6, 6.07) is 0. The van der Waals surface area contributed by atoms with Crippen molar-refractivity contribution >= 4 is 10.8 Å². The van der Waals surface area contributed by atoms with Crippen LogP contribution < -0.4 is 63.7 Å². The van der Waals surface area contributed by atoms with Crippen LogP contribution in [-0.4, -0.2) is 20.4 Å². The van der Waals surface area contributed by atoms with Crippen LogP contribution >= 0.6 is 0 Å². The number of aryl methyl sites for hydroxylation is 2. The topological polar surface area (TPSA) is 71.5 Å². The number of fused-ring (bicyclic) bond motifs is 1. The van der Waals surface area contributed by atoms with Crippen LogP contribution in [0.2, 0.25) is 0 Å². The van der Waals surface area contributed by atoms with Crippen LogP contribution in [0.25, 0.3) is 10.8 Å². The van der Waals surface area contributed by atoms with E-state index in [1.165, 1.54) is 0 Å². The molecule has 0 atom stereocenters. The zero-order valence-corrected chi connectivity index (χ0v) is 15.2. The van der Waals surface area contributed by atoms with E-state index < -0.39 is 0 Å². The molecule has 0 fully saturated rings. The Bertz CT molecular complexity index is 524. The molecule has 1 N–H and O–H groups in total. The molecular formula is C10H13N4ORb. The summed E-state index contributed by atoms with van der Waals surface area (Å²) in [5.74, 6) is 0. The van der Waals surface area contributed by atoms with E-state index >= 15 is 0 Å². The van der Waals surface area contributed by atoms with Crippen LogP contribution in [-0.2, 0) is 0 Å². The molecule has 0 amide bonds. The van der Waals surface area contributed by atoms with Crippen molar-refractivity contribution in [1.82, 2.24) is 20.4 Å². The number of nitrogens with one attached hydrogen (secondary N) is 1. The van der Waals surface area contributed by atoms with Gasteiger partial charge in [0.1, 0.15) is 0 Å². The molecule has 5 nitrogen and oxygen atoms in total. The number of aromatic nitrogens is 4. The average molecular weight is 291 g/mol. The van der Waals surface area contributed by atoms with E-state index in [-0.39, 0.29) is 63.7 Å². The molecule has 0 radical (unpaired) electrons. The van der Waals surface area contributed by atoms with Gasteiger partial charge in [0.05, 0.1) is 0 Å². The molecule has 6 heteroatoms. The van der Waals surface area contributed by atoms with Gasteiger partial charge in [-0.2, -0.15) is 5.10 Å². The zero-order chi connectivity index (χ0) is 11.4. The van der Waals surface area contributed by atoms with Crippen LogP contribution in [0.15, 0.2) is 4.79 Å². The van der Waals surface area contributed by atoms with Crippen molar-refractivity contribution in [3.63, 3.8) is 0 Å². The Kier molecular flexibility index (Phi) is 7.38. The standard InChI is InChI=1S/C8H7N4O.C2H6.Rb/c1-4-6-3-9-12-8(13)7(6)5(2)11-10-4;1-2;/h1-2H3,(H,12,13);1-2H3;/q-1;;+1. The first-order valence-corrected chi connectivity index (χ1v) is 4.80. The van der Waals surface area contributed by atoms with Crippen molar-refractivity contribution in [2.75, 3.05) is 0 Å². The van der Waals surface area contributed by atoms with Crippen LogP contribution in [0.1, 0.15) is 25.2 Å². The Balaban J connectivity index is 0.000000711.